The van der Waals surface area contributed by atoms with Gasteiger partial charge in [-0.1, -0.05) is 18.2 Å². The first-order valence-electron chi connectivity index (χ1n) is 7.09. The zero-order valence-corrected chi connectivity index (χ0v) is 13.1. The Hall–Kier alpha value is -1.39. The molecule has 0 spiro atoms. The fourth-order valence-electron chi connectivity index (χ4n) is 2.36. The van der Waals surface area contributed by atoms with Crippen LogP contribution in [0, 0.1) is 0 Å². The summed E-state index contributed by atoms with van der Waals surface area (Å²) in [6.45, 7) is 5.24. The molecule has 1 aromatic carbocycles. The van der Waals surface area contributed by atoms with Gasteiger partial charge in [0.15, 0.2) is 0 Å². The summed E-state index contributed by atoms with van der Waals surface area (Å²) in [6, 6.07) is 8.24. The number of hydrogen-bond donors (Lipinski definition) is 1. The topological polar surface area (TPSA) is 35.6 Å². The first-order chi connectivity index (χ1) is 9.33. The van der Waals surface area contributed by atoms with Crippen LogP contribution < -0.4 is 10.2 Å². The average Bonchev–Trinajstić information content (AvgIpc) is 2.41. The fraction of sp³-hybridized carbons (Fsp3) is 0.562. The van der Waals surface area contributed by atoms with Crippen molar-refractivity contribution in [1.29, 1.82) is 0 Å². The summed E-state index contributed by atoms with van der Waals surface area (Å²) in [5.74, 6) is 0.170. The normalized spacial score (nSPS) is 19.4. The van der Waals surface area contributed by atoms with Gasteiger partial charge in [0.1, 0.15) is 0 Å². The SMILES string of the molecule is CN1C(=O)CC(NCC(C)(C)N(C)C)c2ccccc21. The van der Waals surface area contributed by atoms with E-state index in [-0.39, 0.29) is 17.5 Å². The highest BCUT2D eigenvalue weighted by Crippen LogP contribution is 2.33. The van der Waals surface area contributed by atoms with Crippen LogP contribution >= 0.6 is 0 Å². The molecule has 0 fully saturated rings. The van der Waals surface area contributed by atoms with E-state index in [4.69, 9.17) is 0 Å². The van der Waals surface area contributed by atoms with Crippen LogP contribution in [0.3, 0.4) is 0 Å². The third-order valence-corrected chi connectivity index (χ3v) is 4.42. The first kappa shape index (κ1) is 15.0. The lowest BCUT2D eigenvalue weighted by Crippen LogP contribution is -2.49. The fourth-order valence-corrected chi connectivity index (χ4v) is 2.36. The smallest absolute Gasteiger partial charge is 0.228 e. The minimum Gasteiger partial charge on any atom is -0.315 e. The zero-order valence-electron chi connectivity index (χ0n) is 13.1. The van der Waals surface area contributed by atoms with Gasteiger partial charge in [0.25, 0.3) is 0 Å². The number of para-hydroxylation sites is 1. The molecule has 0 bridgehead atoms. The van der Waals surface area contributed by atoms with E-state index in [9.17, 15) is 4.79 Å². The van der Waals surface area contributed by atoms with Crippen LogP contribution in [-0.2, 0) is 4.79 Å². The number of anilines is 1. The van der Waals surface area contributed by atoms with Crippen LogP contribution in [0.4, 0.5) is 5.69 Å². The predicted octanol–water partition coefficient (Wildman–Crippen LogP) is 2.02. The molecule has 20 heavy (non-hydrogen) atoms. The molecule has 1 heterocycles. The van der Waals surface area contributed by atoms with Gasteiger partial charge >= 0.3 is 0 Å². The number of nitrogens with zero attached hydrogens (tertiary/aromatic N) is 2. The highest BCUT2D eigenvalue weighted by atomic mass is 16.2. The van der Waals surface area contributed by atoms with Gasteiger partial charge in [0, 0.05) is 37.3 Å². The zero-order chi connectivity index (χ0) is 14.9. The van der Waals surface area contributed by atoms with Crippen molar-refractivity contribution >= 4 is 11.6 Å². The molecule has 1 unspecified atom stereocenters. The van der Waals surface area contributed by atoms with Crippen molar-refractivity contribution < 1.29 is 4.79 Å². The number of hydrogen-bond acceptors (Lipinski definition) is 3. The lowest BCUT2D eigenvalue weighted by atomic mass is 9.94. The maximum absolute atomic E-state index is 12.1. The Labute approximate surface area is 121 Å². The number of likely N-dealkylation sites (N-methyl/N-ethyl adjacent to an activating group) is 1. The van der Waals surface area contributed by atoms with Gasteiger partial charge in [-0.05, 0) is 39.6 Å². The van der Waals surface area contributed by atoms with Crippen molar-refractivity contribution in [3.8, 4) is 0 Å². The van der Waals surface area contributed by atoms with E-state index in [2.05, 4.69) is 44.2 Å². The van der Waals surface area contributed by atoms with Gasteiger partial charge in [-0.2, -0.15) is 0 Å². The monoisotopic (exact) mass is 275 g/mol. The van der Waals surface area contributed by atoms with Crippen LogP contribution in [0.1, 0.15) is 31.9 Å². The van der Waals surface area contributed by atoms with E-state index in [1.165, 1.54) is 5.56 Å². The van der Waals surface area contributed by atoms with Crippen LogP contribution in [0.25, 0.3) is 0 Å². The van der Waals surface area contributed by atoms with Crippen molar-refractivity contribution in [2.24, 2.45) is 0 Å². The molecule has 2 rings (SSSR count). The molecule has 0 aliphatic carbocycles. The number of fused-ring (bicyclic) bond motifs is 1. The highest BCUT2D eigenvalue weighted by Gasteiger charge is 2.30. The van der Waals surface area contributed by atoms with E-state index in [1.54, 1.807) is 4.90 Å². The number of carbonyl (C=O) groups excluding carboxylic acids is 1. The molecule has 1 amide bonds. The average molecular weight is 275 g/mol. The van der Waals surface area contributed by atoms with Gasteiger partial charge in [-0.25, -0.2) is 0 Å². The Morgan fingerprint density at radius 1 is 1.35 bits per heavy atom. The second kappa shape index (κ2) is 5.54. The predicted molar refractivity (Wildman–Crippen MR) is 83.0 cm³/mol. The summed E-state index contributed by atoms with van der Waals surface area (Å²) in [5.41, 5.74) is 2.29. The Bertz CT molecular complexity index is 496. The minimum absolute atomic E-state index is 0.0569. The molecular weight excluding hydrogens is 250 g/mol. The lowest BCUT2D eigenvalue weighted by Gasteiger charge is -2.37. The maximum atomic E-state index is 12.1. The van der Waals surface area contributed by atoms with E-state index in [1.807, 2.05) is 25.2 Å². The number of benzene rings is 1. The molecule has 0 aromatic heterocycles. The molecule has 0 saturated heterocycles. The quantitative estimate of drug-likeness (QED) is 0.913. The Balaban J connectivity index is 2.17. The second-order valence-corrected chi connectivity index (χ2v) is 6.36. The van der Waals surface area contributed by atoms with E-state index >= 15 is 0 Å². The van der Waals surface area contributed by atoms with Crippen molar-refractivity contribution in [3.63, 3.8) is 0 Å². The van der Waals surface area contributed by atoms with Crippen LogP contribution in [-0.4, -0.2) is 44.0 Å². The number of rotatable bonds is 4. The minimum atomic E-state index is 0.0569. The second-order valence-electron chi connectivity index (χ2n) is 6.36. The Morgan fingerprint density at radius 2 is 2.00 bits per heavy atom. The summed E-state index contributed by atoms with van der Waals surface area (Å²) in [5, 5.41) is 3.56. The molecule has 1 aromatic rings. The van der Waals surface area contributed by atoms with E-state index in [0.29, 0.717) is 6.42 Å². The molecule has 1 N–H and O–H groups in total. The van der Waals surface area contributed by atoms with Crippen LogP contribution in [0.2, 0.25) is 0 Å². The van der Waals surface area contributed by atoms with E-state index < -0.39 is 0 Å². The first-order valence-corrected chi connectivity index (χ1v) is 7.09. The van der Waals surface area contributed by atoms with Gasteiger partial charge in [-0.3, -0.25) is 4.79 Å². The molecular formula is C16H25N3O. The van der Waals surface area contributed by atoms with E-state index in [0.717, 1.165) is 12.2 Å². The molecule has 4 heteroatoms. The summed E-state index contributed by atoms with van der Waals surface area (Å²) >= 11 is 0. The lowest BCUT2D eigenvalue weighted by molar-refractivity contribution is -0.119. The van der Waals surface area contributed by atoms with Crippen molar-refractivity contribution in [2.75, 3.05) is 32.6 Å². The summed E-state index contributed by atoms with van der Waals surface area (Å²) in [7, 11) is 6.01. The molecule has 4 nitrogen and oxygen atoms in total. The molecule has 1 aliphatic rings. The summed E-state index contributed by atoms with van der Waals surface area (Å²) < 4.78 is 0. The maximum Gasteiger partial charge on any atom is 0.228 e. The highest BCUT2D eigenvalue weighted by molar-refractivity contribution is 5.96. The molecule has 0 radical (unpaired) electrons. The van der Waals surface area contributed by atoms with Crippen molar-refractivity contribution in [2.45, 2.75) is 31.8 Å². The standard InChI is InChI=1S/C16H25N3O/c1-16(2,18(3)4)11-17-13-10-15(20)19(5)14-9-7-6-8-12(13)14/h6-9,13,17H,10-11H2,1-5H3. The molecule has 1 atom stereocenters. The number of carbonyl (C=O) groups is 1. The number of amides is 1. The van der Waals surface area contributed by atoms with Crippen LogP contribution in [0.5, 0.6) is 0 Å². The largest absolute Gasteiger partial charge is 0.315 e. The Morgan fingerprint density at radius 3 is 2.65 bits per heavy atom. The van der Waals surface area contributed by atoms with Gasteiger partial charge in [-0.15, -0.1) is 0 Å². The third kappa shape index (κ3) is 2.86. The van der Waals surface area contributed by atoms with Gasteiger partial charge < -0.3 is 15.1 Å². The Kier molecular flexibility index (Phi) is 4.16. The molecule has 1 aliphatic heterocycles. The summed E-state index contributed by atoms with van der Waals surface area (Å²) in [6.07, 6.45) is 0.525. The molecule has 0 saturated carbocycles. The van der Waals surface area contributed by atoms with Crippen molar-refractivity contribution in [1.82, 2.24) is 10.2 Å². The van der Waals surface area contributed by atoms with Gasteiger partial charge in [0.2, 0.25) is 5.91 Å². The van der Waals surface area contributed by atoms with Gasteiger partial charge in [0.05, 0.1) is 0 Å². The van der Waals surface area contributed by atoms with Crippen LogP contribution in [0.15, 0.2) is 24.3 Å². The third-order valence-electron chi connectivity index (χ3n) is 4.42. The number of nitrogens with one attached hydrogen (secondary N) is 1. The molecule has 110 valence electrons. The summed E-state index contributed by atoms with van der Waals surface area (Å²) in [4.78, 5) is 16.1. The van der Waals surface area contributed by atoms with Crippen molar-refractivity contribution in [3.05, 3.63) is 29.8 Å².